The summed E-state index contributed by atoms with van der Waals surface area (Å²) in [5.74, 6) is 0.292. The van der Waals surface area contributed by atoms with E-state index in [1.54, 1.807) is 19.2 Å². The SMILES string of the molecule is COc1ccc(CO[C@@H]2[C@@H](OCc3ccccc3)[C@@H](CC3COC(C)(C)O3)O[C@H]2C(O)[C@@H](O)c2ccco2)cc1. The summed E-state index contributed by atoms with van der Waals surface area (Å²) >= 11 is 0. The minimum absolute atomic E-state index is 0.226. The maximum Gasteiger partial charge on any atom is 0.163 e. The van der Waals surface area contributed by atoms with Gasteiger partial charge in [0.05, 0.1) is 45.4 Å². The third kappa shape index (κ3) is 6.92. The molecule has 0 aliphatic carbocycles. The van der Waals surface area contributed by atoms with E-state index in [0.717, 1.165) is 16.9 Å². The van der Waals surface area contributed by atoms with Crippen LogP contribution in [0.2, 0.25) is 0 Å². The first-order valence-corrected chi connectivity index (χ1v) is 13.6. The Labute approximate surface area is 234 Å². The summed E-state index contributed by atoms with van der Waals surface area (Å²) in [6.45, 7) is 4.73. The van der Waals surface area contributed by atoms with Crippen LogP contribution in [0.1, 0.15) is 43.3 Å². The van der Waals surface area contributed by atoms with Crippen molar-refractivity contribution in [1.29, 1.82) is 0 Å². The van der Waals surface area contributed by atoms with E-state index in [-0.39, 0.29) is 18.5 Å². The molecule has 1 aromatic heterocycles. The van der Waals surface area contributed by atoms with Gasteiger partial charge in [0.2, 0.25) is 0 Å². The van der Waals surface area contributed by atoms with Crippen molar-refractivity contribution in [3.05, 3.63) is 89.9 Å². The third-order valence-electron chi connectivity index (χ3n) is 7.29. The summed E-state index contributed by atoms with van der Waals surface area (Å²) in [4.78, 5) is 0. The van der Waals surface area contributed by atoms with Gasteiger partial charge in [-0.1, -0.05) is 42.5 Å². The summed E-state index contributed by atoms with van der Waals surface area (Å²) in [5, 5.41) is 22.3. The van der Waals surface area contributed by atoms with Crippen molar-refractivity contribution in [2.75, 3.05) is 13.7 Å². The third-order valence-corrected chi connectivity index (χ3v) is 7.29. The van der Waals surface area contributed by atoms with Gasteiger partial charge in [0.1, 0.15) is 42.0 Å². The van der Waals surface area contributed by atoms with Crippen molar-refractivity contribution in [3.63, 3.8) is 0 Å². The molecule has 0 amide bonds. The van der Waals surface area contributed by atoms with Crippen LogP contribution in [0, 0.1) is 0 Å². The van der Waals surface area contributed by atoms with Gasteiger partial charge in [-0.3, -0.25) is 0 Å². The topological polar surface area (TPSA) is 109 Å². The quantitative estimate of drug-likeness (QED) is 0.341. The summed E-state index contributed by atoms with van der Waals surface area (Å²) in [7, 11) is 1.62. The number of ether oxygens (including phenoxy) is 6. The Bertz CT molecular complexity index is 1170. The fourth-order valence-corrected chi connectivity index (χ4v) is 5.24. The predicted molar refractivity (Wildman–Crippen MR) is 144 cm³/mol. The zero-order valence-corrected chi connectivity index (χ0v) is 23.1. The Morgan fingerprint density at radius 3 is 2.23 bits per heavy atom. The Balaban J connectivity index is 1.40. The Kier molecular flexibility index (Phi) is 9.22. The van der Waals surface area contributed by atoms with Crippen LogP contribution >= 0.6 is 0 Å². The van der Waals surface area contributed by atoms with Gasteiger partial charge in [-0.05, 0) is 49.2 Å². The fourth-order valence-electron chi connectivity index (χ4n) is 5.24. The molecular weight excluding hydrogens is 516 g/mol. The molecule has 2 aliphatic rings. The molecule has 2 saturated heterocycles. The van der Waals surface area contributed by atoms with E-state index in [1.807, 2.05) is 68.4 Å². The lowest BCUT2D eigenvalue weighted by Crippen LogP contribution is -2.44. The van der Waals surface area contributed by atoms with Crippen LogP contribution < -0.4 is 4.74 Å². The molecule has 5 rings (SSSR count). The lowest BCUT2D eigenvalue weighted by molar-refractivity contribution is -0.148. The normalized spacial score (nSPS) is 27.5. The Morgan fingerprint density at radius 2 is 1.60 bits per heavy atom. The maximum absolute atomic E-state index is 11.3. The van der Waals surface area contributed by atoms with E-state index in [0.29, 0.717) is 19.6 Å². The molecule has 2 aromatic carbocycles. The molecule has 2 fully saturated rings. The van der Waals surface area contributed by atoms with Crippen LogP contribution in [0.15, 0.2) is 77.4 Å². The molecule has 2 unspecified atom stereocenters. The van der Waals surface area contributed by atoms with Crippen LogP contribution in [0.25, 0.3) is 0 Å². The van der Waals surface area contributed by atoms with E-state index in [4.69, 9.17) is 32.8 Å². The molecule has 2 aliphatic heterocycles. The minimum atomic E-state index is -1.34. The van der Waals surface area contributed by atoms with Gasteiger partial charge >= 0.3 is 0 Å². The lowest BCUT2D eigenvalue weighted by atomic mass is 9.97. The summed E-state index contributed by atoms with van der Waals surface area (Å²) in [6.07, 6.45) is -3.62. The number of rotatable bonds is 12. The van der Waals surface area contributed by atoms with Crippen molar-refractivity contribution in [1.82, 2.24) is 0 Å². The molecule has 0 saturated carbocycles. The second-order valence-electron chi connectivity index (χ2n) is 10.7. The number of methoxy groups -OCH3 is 1. The fraction of sp³-hybridized carbons (Fsp3) is 0.484. The first-order valence-electron chi connectivity index (χ1n) is 13.6. The minimum Gasteiger partial charge on any atom is -0.497 e. The summed E-state index contributed by atoms with van der Waals surface area (Å²) in [6, 6.07) is 20.7. The smallest absolute Gasteiger partial charge is 0.163 e. The highest BCUT2D eigenvalue weighted by molar-refractivity contribution is 5.26. The van der Waals surface area contributed by atoms with E-state index in [1.165, 1.54) is 6.26 Å². The second-order valence-corrected chi connectivity index (χ2v) is 10.7. The Hall–Kier alpha value is -2.76. The van der Waals surface area contributed by atoms with Crippen LogP contribution in [0.5, 0.6) is 5.75 Å². The van der Waals surface area contributed by atoms with Crippen LogP contribution in [0.4, 0.5) is 0 Å². The molecule has 0 radical (unpaired) electrons. The maximum atomic E-state index is 11.3. The number of benzene rings is 2. The molecular formula is C31H38O9. The molecule has 3 heterocycles. The average Bonchev–Trinajstić information content (AvgIpc) is 3.70. The molecule has 40 heavy (non-hydrogen) atoms. The van der Waals surface area contributed by atoms with Crippen LogP contribution in [-0.4, -0.2) is 66.3 Å². The molecule has 0 bridgehead atoms. The van der Waals surface area contributed by atoms with Gasteiger partial charge in [-0.15, -0.1) is 0 Å². The van der Waals surface area contributed by atoms with Crippen molar-refractivity contribution < 1.29 is 43.1 Å². The van der Waals surface area contributed by atoms with Gasteiger partial charge in [-0.2, -0.15) is 0 Å². The van der Waals surface area contributed by atoms with Crippen molar-refractivity contribution in [3.8, 4) is 5.75 Å². The lowest BCUT2D eigenvalue weighted by Gasteiger charge is -2.28. The molecule has 216 valence electrons. The standard InChI is InChI=1S/C31H38O9/c1-31(2)38-19-23(40-31)16-25-28(36-17-20-8-5-4-6-9-20)30(37-18-21-11-13-22(34-3)14-12-21)29(39-25)27(33)26(32)24-10-7-15-35-24/h4-15,23,25-30,32-33H,16-19H2,1-3H3/t23?,25-,26+,27?,28+,29+,30-/m1/s1. The number of aliphatic hydroxyl groups excluding tert-OH is 2. The van der Waals surface area contributed by atoms with E-state index >= 15 is 0 Å². The van der Waals surface area contributed by atoms with E-state index in [9.17, 15) is 10.2 Å². The van der Waals surface area contributed by atoms with Crippen LogP contribution in [-0.2, 0) is 36.9 Å². The summed E-state index contributed by atoms with van der Waals surface area (Å²) < 4.78 is 41.8. The second kappa shape index (κ2) is 12.8. The van der Waals surface area contributed by atoms with Gasteiger partial charge in [0.25, 0.3) is 0 Å². The van der Waals surface area contributed by atoms with E-state index < -0.39 is 42.4 Å². The Morgan fingerprint density at radius 1 is 0.900 bits per heavy atom. The molecule has 0 spiro atoms. The monoisotopic (exact) mass is 554 g/mol. The predicted octanol–water partition coefficient (Wildman–Crippen LogP) is 4.16. The van der Waals surface area contributed by atoms with Crippen molar-refractivity contribution in [2.24, 2.45) is 0 Å². The molecule has 9 heteroatoms. The molecule has 7 atom stereocenters. The first-order chi connectivity index (χ1) is 19.3. The number of aliphatic hydroxyl groups is 2. The number of furan rings is 1. The van der Waals surface area contributed by atoms with Crippen LogP contribution in [0.3, 0.4) is 0 Å². The van der Waals surface area contributed by atoms with Gasteiger partial charge < -0.3 is 43.1 Å². The summed E-state index contributed by atoms with van der Waals surface area (Å²) in [5.41, 5.74) is 1.91. The molecule has 2 N–H and O–H groups in total. The van der Waals surface area contributed by atoms with Gasteiger partial charge in [0, 0.05) is 6.42 Å². The molecule has 3 aromatic rings. The molecule has 9 nitrogen and oxygen atoms in total. The van der Waals surface area contributed by atoms with Crippen molar-refractivity contribution >= 4 is 0 Å². The van der Waals surface area contributed by atoms with Gasteiger partial charge in [0.15, 0.2) is 5.79 Å². The zero-order chi connectivity index (χ0) is 28.1. The number of hydrogen-bond donors (Lipinski definition) is 2. The highest BCUT2D eigenvalue weighted by Gasteiger charge is 2.52. The average molecular weight is 555 g/mol. The van der Waals surface area contributed by atoms with Crippen molar-refractivity contribution in [2.45, 2.75) is 82.0 Å². The largest absolute Gasteiger partial charge is 0.497 e. The number of hydrogen-bond acceptors (Lipinski definition) is 9. The first kappa shape index (κ1) is 28.8. The van der Waals surface area contributed by atoms with Gasteiger partial charge in [-0.25, -0.2) is 0 Å². The zero-order valence-electron chi connectivity index (χ0n) is 23.1. The van der Waals surface area contributed by atoms with E-state index in [2.05, 4.69) is 0 Å². The highest BCUT2D eigenvalue weighted by atomic mass is 16.7. The highest BCUT2D eigenvalue weighted by Crippen LogP contribution is 2.37.